The van der Waals surface area contributed by atoms with Crippen molar-refractivity contribution in [2.45, 2.75) is 41.0 Å². The summed E-state index contributed by atoms with van der Waals surface area (Å²) in [6.45, 7) is 18.7. The second kappa shape index (κ2) is 11.2. The highest BCUT2D eigenvalue weighted by molar-refractivity contribution is 9.09. The highest BCUT2D eigenvalue weighted by atomic mass is 79.9. The molecule has 0 aliphatic heterocycles. The van der Waals surface area contributed by atoms with Crippen molar-refractivity contribution in [3.05, 3.63) is 0 Å². The van der Waals surface area contributed by atoms with Crippen molar-refractivity contribution in [1.29, 1.82) is 0 Å². The minimum atomic E-state index is 0.765. The zero-order chi connectivity index (χ0) is 14.0. The number of nitrogens with zero attached hydrogens (tertiary/aromatic N) is 2. The maximum atomic E-state index is 3.65. The van der Waals surface area contributed by atoms with Gasteiger partial charge in [-0.3, -0.25) is 0 Å². The normalized spacial score (nSPS) is 13.8. The van der Waals surface area contributed by atoms with E-state index in [2.05, 4.69) is 60.3 Å². The average Bonchev–Trinajstić information content (AvgIpc) is 2.37. The smallest absolute Gasteiger partial charge is 0.00743 e. The molecule has 0 aromatic rings. The molecule has 0 rings (SSSR count). The topological polar surface area (TPSA) is 6.48 Å². The van der Waals surface area contributed by atoms with E-state index in [1.54, 1.807) is 0 Å². The molecule has 110 valence electrons. The highest BCUT2D eigenvalue weighted by Gasteiger charge is 2.15. The molecular weight excluding hydrogens is 288 g/mol. The predicted molar refractivity (Wildman–Crippen MR) is 86.6 cm³/mol. The molecule has 0 bridgehead atoms. The molecule has 0 amide bonds. The first-order valence-electron chi connectivity index (χ1n) is 7.59. The molecule has 0 aromatic heterocycles. The maximum absolute atomic E-state index is 3.65. The molecule has 0 saturated carbocycles. The van der Waals surface area contributed by atoms with Gasteiger partial charge in [-0.25, -0.2) is 0 Å². The van der Waals surface area contributed by atoms with Gasteiger partial charge in [-0.2, -0.15) is 0 Å². The molecule has 1 atom stereocenters. The number of alkyl halides is 1. The van der Waals surface area contributed by atoms with Crippen molar-refractivity contribution in [2.75, 3.05) is 44.6 Å². The summed E-state index contributed by atoms with van der Waals surface area (Å²) in [5.74, 6) is 1.54. The highest BCUT2D eigenvalue weighted by Crippen LogP contribution is 2.15. The van der Waals surface area contributed by atoms with E-state index in [1.807, 2.05) is 0 Å². The molecule has 0 radical (unpaired) electrons. The zero-order valence-electron chi connectivity index (χ0n) is 13.1. The molecule has 0 aromatic carbocycles. The average molecular weight is 321 g/mol. The van der Waals surface area contributed by atoms with Gasteiger partial charge in [0.1, 0.15) is 0 Å². The van der Waals surface area contributed by atoms with Gasteiger partial charge < -0.3 is 9.80 Å². The van der Waals surface area contributed by atoms with E-state index in [1.165, 1.54) is 45.7 Å². The summed E-state index contributed by atoms with van der Waals surface area (Å²) in [5.41, 5.74) is 0. The van der Waals surface area contributed by atoms with Crippen molar-refractivity contribution in [2.24, 2.45) is 11.8 Å². The van der Waals surface area contributed by atoms with Crippen LogP contribution >= 0.6 is 15.9 Å². The number of halogens is 1. The molecule has 0 fully saturated rings. The van der Waals surface area contributed by atoms with Crippen LogP contribution in [-0.2, 0) is 0 Å². The first-order valence-corrected chi connectivity index (χ1v) is 8.71. The number of hydrogen-bond donors (Lipinski definition) is 0. The van der Waals surface area contributed by atoms with Crippen LogP contribution in [0, 0.1) is 11.8 Å². The third kappa shape index (κ3) is 7.75. The predicted octanol–water partition coefficient (Wildman–Crippen LogP) is 3.71. The summed E-state index contributed by atoms with van der Waals surface area (Å²) < 4.78 is 0. The lowest BCUT2D eigenvalue weighted by molar-refractivity contribution is 0.205. The Balaban J connectivity index is 3.96. The Morgan fingerprint density at radius 2 is 1.39 bits per heavy atom. The van der Waals surface area contributed by atoms with Gasteiger partial charge in [0, 0.05) is 11.9 Å². The van der Waals surface area contributed by atoms with Gasteiger partial charge in [0.25, 0.3) is 0 Å². The van der Waals surface area contributed by atoms with Crippen LogP contribution in [0.25, 0.3) is 0 Å². The molecule has 0 spiro atoms. The Kier molecular flexibility index (Phi) is 11.5. The SMILES string of the molecule is CCN(CC)CCCN(CC)CC(CBr)C(C)C. The van der Waals surface area contributed by atoms with E-state index >= 15 is 0 Å². The summed E-state index contributed by atoms with van der Waals surface area (Å²) in [5, 5.41) is 1.12. The van der Waals surface area contributed by atoms with E-state index in [4.69, 9.17) is 0 Å². The molecule has 3 heteroatoms. The third-order valence-corrected chi connectivity index (χ3v) is 4.76. The largest absolute Gasteiger partial charge is 0.304 e. The van der Waals surface area contributed by atoms with Crippen LogP contribution in [-0.4, -0.2) is 54.4 Å². The summed E-state index contributed by atoms with van der Waals surface area (Å²) >= 11 is 3.65. The molecule has 0 saturated heterocycles. The van der Waals surface area contributed by atoms with Crippen LogP contribution in [0.3, 0.4) is 0 Å². The van der Waals surface area contributed by atoms with Crippen LogP contribution in [0.2, 0.25) is 0 Å². The second-order valence-corrected chi connectivity index (χ2v) is 6.08. The van der Waals surface area contributed by atoms with Crippen molar-refractivity contribution >= 4 is 15.9 Å². The van der Waals surface area contributed by atoms with Gasteiger partial charge in [0.15, 0.2) is 0 Å². The molecule has 1 unspecified atom stereocenters. The summed E-state index contributed by atoms with van der Waals surface area (Å²) in [6.07, 6.45) is 1.29. The fourth-order valence-electron chi connectivity index (χ4n) is 2.21. The zero-order valence-corrected chi connectivity index (χ0v) is 14.7. The van der Waals surface area contributed by atoms with Crippen molar-refractivity contribution in [3.8, 4) is 0 Å². The van der Waals surface area contributed by atoms with Gasteiger partial charge in [-0.15, -0.1) is 0 Å². The van der Waals surface area contributed by atoms with Crippen molar-refractivity contribution in [1.82, 2.24) is 9.80 Å². The van der Waals surface area contributed by atoms with Gasteiger partial charge in [0.2, 0.25) is 0 Å². The molecule has 0 heterocycles. The van der Waals surface area contributed by atoms with Crippen LogP contribution in [0.15, 0.2) is 0 Å². The van der Waals surface area contributed by atoms with Gasteiger partial charge in [-0.05, 0) is 51.0 Å². The van der Waals surface area contributed by atoms with E-state index in [9.17, 15) is 0 Å². The quantitative estimate of drug-likeness (QED) is 0.535. The molecular formula is C15H33BrN2. The summed E-state index contributed by atoms with van der Waals surface area (Å²) in [6, 6.07) is 0. The van der Waals surface area contributed by atoms with E-state index in [-0.39, 0.29) is 0 Å². The standard InChI is InChI=1S/C15H33BrN2/c1-6-17(7-2)10-9-11-18(8-3)13-15(12-16)14(4)5/h14-15H,6-13H2,1-5H3. The lowest BCUT2D eigenvalue weighted by Crippen LogP contribution is -2.35. The van der Waals surface area contributed by atoms with Crippen LogP contribution in [0.5, 0.6) is 0 Å². The minimum Gasteiger partial charge on any atom is -0.304 e. The third-order valence-electron chi connectivity index (χ3n) is 3.92. The Bertz CT molecular complexity index is 181. The van der Waals surface area contributed by atoms with Crippen LogP contribution < -0.4 is 0 Å². The number of rotatable bonds is 11. The molecule has 0 aliphatic rings. The van der Waals surface area contributed by atoms with Crippen LogP contribution in [0.1, 0.15) is 41.0 Å². The van der Waals surface area contributed by atoms with Gasteiger partial charge in [0.05, 0.1) is 0 Å². The molecule has 2 nitrogen and oxygen atoms in total. The Morgan fingerprint density at radius 1 is 0.889 bits per heavy atom. The molecule has 0 aliphatic carbocycles. The first-order chi connectivity index (χ1) is 8.58. The minimum absolute atomic E-state index is 0.765. The van der Waals surface area contributed by atoms with Crippen molar-refractivity contribution in [3.63, 3.8) is 0 Å². The lowest BCUT2D eigenvalue weighted by Gasteiger charge is -2.28. The number of hydrogen-bond acceptors (Lipinski definition) is 2. The molecule has 0 N–H and O–H groups in total. The Hall–Kier alpha value is 0.400. The van der Waals surface area contributed by atoms with E-state index in [0.29, 0.717) is 0 Å². The first kappa shape index (κ1) is 18.4. The fourth-order valence-corrected chi connectivity index (χ4v) is 3.16. The summed E-state index contributed by atoms with van der Waals surface area (Å²) in [7, 11) is 0. The van der Waals surface area contributed by atoms with Crippen LogP contribution in [0.4, 0.5) is 0 Å². The van der Waals surface area contributed by atoms with E-state index < -0.39 is 0 Å². The Morgan fingerprint density at radius 3 is 1.78 bits per heavy atom. The van der Waals surface area contributed by atoms with Crippen molar-refractivity contribution < 1.29 is 0 Å². The second-order valence-electron chi connectivity index (χ2n) is 5.43. The van der Waals surface area contributed by atoms with Gasteiger partial charge in [-0.1, -0.05) is 50.5 Å². The Labute approximate surface area is 123 Å². The fraction of sp³-hybridized carbons (Fsp3) is 1.00. The monoisotopic (exact) mass is 320 g/mol. The van der Waals surface area contributed by atoms with E-state index in [0.717, 1.165) is 17.2 Å². The van der Waals surface area contributed by atoms with Gasteiger partial charge >= 0.3 is 0 Å². The molecule has 18 heavy (non-hydrogen) atoms. The lowest BCUT2D eigenvalue weighted by atomic mass is 9.97. The summed E-state index contributed by atoms with van der Waals surface area (Å²) in [4.78, 5) is 5.12. The maximum Gasteiger partial charge on any atom is 0.00743 e.